The maximum Gasteiger partial charge on any atom is 0.241 e. The van der Waals surface area contributed by atoms with Crippen LogP contribution >= 0.6 is 11.6 Å². The molecule has 0 bridgehead atoms. The van der Waals surface area contributed by atoms with Crippen molar-refractivity contribution in [2.24, 2.45) is 0 Å². The Labute approximate surface area is 129 Å². The van der Waals surface area contributed by atoms with Gasteiger partial charge in [0.2, 0.25) is 10.0 Å². The Balaban J connectivity index is 2.13. The fraction of sp³-hybridized carbons (Fsp3) is 0.200. The van der Waals surface area contributed by atoms with E-state index in [1.54, 1.807) is 43.3 Å². The van der Waals surface area contributed by atoms with Gasteiger partial charge in [-0.25, -0.2) is 13.1 Å². The van der Waals surface area contributed by atoms with Gasteiger partial charge in [0.25, 0.3) is 0 Å². The van der Waals surface area contributed by atoms with Crippen molar-refractivity contribution in [2.75, 3.05) is 0 Å². The second-order valence-electron chi connectivity index (χ2n) is 4.71. The summed E-state index contributed by atoms with van der Waals surface area (Å²) in [5.41, 5.74) is 2.21. The molecule has 2 N–H and O–H groups in total. The SMILES string of the molecule is Cc1cc(Cl)ccc1S(=O)(=O)NCc1ccc(CO)cc1. The lowest BCUT2D eigenvalue weighted by molar-refractivity contribution is 0.282. The zero-order valence-corrected chi connectivity index (χ0v) is 13.1. The van der Waals surface area contributed by atoms with Crippen molar-refractivity contribution in [3.05, 3.63) is 64.2 Å². The predicted molar refractivity (Wildman–Crippen MR) is 82.6 cm³/mol. The predicted octanol–water partition coefficient (Wildman–Crippen LogP) is 2.62. The second-order valence-corrected chi connectivity index (χ2v) is 6.88. The molecule has 2 aromatic carbocycles. The maximum absolute atomic E-state index is 12.3. The number of aryl methyl sites for hydroxylation is 1. The number of rotatable bonds is 5. The summed E-state index contributed by atoms with van der Waals surface area (Å²) in [6, 6.07) is 11.8. The molecule has 0 heterocycles. The highest BCUT2D eigenvalue weighted by molar-refractivity contribution is 7.89. The fourth-order valence-corrected chi connectivity index (χ4v) is 3.40. The Bertz CT molecular complexity index is 727. The van der Waals surface area contributed by atoms with Gasteiger partial charge in [-0.15, -0.1) is 0 Å². The van der Waals surface area contributed by atoms with Crippen molar-refractivity contribution in [1.82, 2.24) is 4.72 Å². The van der Waals surface area contributed by atoms with Crippen LogP contribution in [0.15, 0.2) is 47.4 Å². The molecule has 4 nitrogen and oxygen atoms in total. The number of halogens is 1. The summed E-state index contributed by atoms with van der Waals surface area (Å²) in [5, 5.41) is 9.47. The Morgan fingerprint density at radius 3 is 2.29 bits per heavy atom. The van der Waals surface area contributed by atoms with Crippen LogP contribution < -0.4 is 4.72 Å². The Morgan fingerprint density at radius 1 is 1.10 bits per heavy atom. The third kappa shape index (κ3) is 4.04. The first-order valence-electron chi connectivity index (χ1n) is 6.37. The van der Waals surface area contributed by atoms with Gasteiger partial charge >= 0.3 is 0 Å². The van der Waals surface area contributed by atoms with Crippen LogP contribution in [0.2, 0.25) is 5.02 Å². The molecule has 6 heteroatoms. The summed E-state index contributed by atoms with van der Waals surface area (Å²) in [6.07, 6.45) is 0. The van der Waals surface area contributed by atoms with E-state index in [1.807, 2.05) is 0 Å². The third-order valence-corrected chi connectivity index (χ3v) is 4.89. The Kier molecular flexibility index (Phi) is 5.00. The van der Waals surface area contributed by atoms with Gasteiger partial charge in [-0.1, -0.05) is 35.9 Å². The highest BCUT2D eigenvalue weighted by atomic mass is 35.5. The Hall–Kier alpha value is -1.40. The summed E-state index contributed by atoms with van der Waals surface area (Å²) >= 11 is 5.83. The molecular weight excluding hydrogens is 310 g/mol. The number of sulfonamides is 1. The molecule has 0 amide bonds. The monoisotopic (exact) mass is 325 g/mol. The van der Waals surface area contributed by atoms with Gasteiger partial charge in [-0.3, -0.25) is 0 Å². The normalized spacial score (nSPS) is 11.6. The molecule has 0 spiro atoms. The van der Waals surface area contributed by atoms with E-state index in [0.717, 1.165) is 11.1 Å². The topological polar surface area (TPSA) is 66.4 Å². The molecule has 0 fully saturated rings. The van der Waals surface area contributed by atoms with E-state index >= 15 is 0 Å². The minimum Gasteiger partial charge on any atom is -0.392 e. The van der Waals surface area contributed by atoms with Crippen molar-refractivity contribution in [3.8, 4) is 0 Å². The maximum atomic E-state index is 12.3. The summed E-state index contributed by atoms with van der Waals surface area (Å²) in [4.78, 5) is 0.221. The summed E-state index contributed by atoms with van der Waals surface area (Å²) in [7, 11) is -3.58. The lowest BCUT2D eigenvalue weighted by Gasteiger charge is -2.10. The van der Waals surface area contributed by atoms with Gasteiger partial charge in [-0.2, -0.15) is 0 Å². The zero-order valence-electron chi connectivity index (χ0n) is 11.5. The van der Waals surface area contributed by atoms with Gasteiger partial charge in [-0.05, 0) is 41.8 Å². The average molecular weight is 326 g/mol. The number of aliphatic hydroxyl groups is 1. The number of hydrogen-bond acceptors (Lipinski definition) is 3. The lowest BCUT2D eigenvalue weighted by Crippen LogP contribution is -2.24. The molecular formula is C15H16ClNO3S. The molecule has 0 saturated heterocycles. The van der Waals surface area contributed by atoms with Crippen LogP contribution in [0, 0.1) is 6.92 Å². The van der Waals surface area contributed by atoms with Crippen LogP contribution in [0.3, 0.4) is 0 Å². The van der Waals surface area contributed by atoms with E-state index < -0.39 is 10.0 Å². The minimum absolute atomic E-state index is 0.0318. The van der Waals surface area contributed by atoms with E-state index in [4.69, 9.17) is 16.7 Å². The number of benzene rings is 2. The molecule has 0 aliphatic heterocycles. The fourth-order valence-electron chi connectivity index (χ4n) is 1.93. The van der Waals surface area contributed by atoms with Crippen LogP contribution in [0.5, 0.6) is 0 Å². The molecule has 0 aromatic heterocycles. The molecule has 0 atom stereocenters. The standard InChI is InChI=1S/C15H16ClNO3S/c1-11-8-14(16)6-7-15(11)21(19,20)17-9-12-2-4-13(10-18)5-3-12/h2-8,17-18H,9-10H2,1H3. The minimum atomic E-state index is -3.58. The Morgan fingerprint density at radius 2 is 1.71 bits per heavy atom. The zero-order chi connectivity index (χ0) is 15.5. The highest BCUT2D eigenvalue weighted by Gasteiger charge is 2.16. The van der Waals surface area contributed by atoms with E-state index in [1.165, 1.54) is 6.07 Å². The molecule has 2 rings (SSSR count). The summed E-state index contributed by atoms with van der Waals surface area (Å²) < 4.78 is 27.1. The molecule has 112 valence electrons. The largest absolute Gasteiger partial charge is 0.392 e. The summed E-state index contributed by atoms with van der Waals surface area (Å²) in [5.74, 6) is 0. The molecule has 0 radical (unpaired) electrons. The van der Waals surface area contributed by atoms with Crippen molar-refractivity contribution >= 4 is 21.6 Å². The number of nitrogens with one attached hydrogen (secondary N) is 1. The quantitative estimate of drug-likeness (QED) is 0.888. The molecule has 0 saturated carbocycles. The van der Waals surface area contributed by atoms with Crippen LogP contribution in [-0.2, 0) is 23.2 Å². The van der Waals surface area contributed by atoms with Crippen molar-refractivity contribution in [1.29, 1.82) is 0 Å². The van der Waals surface area contributed by atoms with Crippen molar-refractivity contribution < 1.29 is 13.5 Å². The van der Waals surface area contributed by atoms with Gasteiger partial charge < -0.3 is 5.11 Å². The second kappa shape index (κ2) is 6.58. The van der Waals surface area contributed by atoms with E-state index in [2.05, 4.69) is 4.72 Å². The molecule has 0 aliphatic carbocycles. The van der Waals surface area contributed by atoms with Crippen molar-refractivity contribution in [2.45, 2.75) is 25.0 Å². The van der Waals surface area contributed by atoms with E-state index in [-0.39, 0.29) is 18.0 Å². The highest BCUT2D eigenvalue weighted by Crippen LogP contribution is 2.19. The molecule has 21 heavy (non-hydrogen) atoms. The summed E-state index contributed by atoms with van der Waals surface area (Å²) in [6.45, 7) is 1.86. The molecule has 2 aromatic rings. The first-order valence-corrected chi connectivity index (χ1v) is 8.23. The first kappa shape index (κ1) is 16.0. The number of aliphatic hydroxyl groups excluding tert-OH is 1. The van der Waals surface area contributed by atoms with E-state index in [9.17, 15) is 8.42 Å². The smallest absolute Gasteiger partial charge is 0.241 e. The van der Waals surface area contributed by atoms with Crippen molar-refractivity contribution in [3.63, 3.8) is 0 Å². The average Bonchev–Trinajstić information content (AvgIpc) is 2.45. The van der Waals surface area contributed by atoms with Gasteiger partial charge in [0.15, 0.2) is 0 Å². The van der Waals surface area contributed by atoms with Crippen LogP contribution in [0.4, 0.5) is 0 Å². The van der Waals surface area contributed by atoms with Gasteiger partial charge in [0, 0.05) is 11.6 Å². The third-order valence-electron chi connectivity index (χ3n) is 3.10. The van der Waals surface area contributed by atoms with Crippen LogP contribution in [0.25, 0.3) is 0 Å². The first-order chi connectivity index (χ1) is 9.92. The lowest BCUT2D eigenvalue weighted by atomic mass is 10.1. The van der Waals surface area contributed by atoms with Gasteiger partial charge in [0.05, 0.1) is 11.5 Å². The van der Waals surface area contributed by atoms with Crippen LogP contribution in [-0.4, -0.2) is 13.5 Å². The molecule has 0 unspecified atom stereocenters. The van der Waals surface area contributed by atoms with E-state index in [0.29, 0.717) is 10.6 Å². The van der Waals surface area contributed by atoms with Gasteiger partial charge in [0.1, 0.15) is 0 Å². The molecule has 0 aliphatic rings. The number of hydrogen-bond donors (Lipinski definition) is 2. The van der Waals surface area contributed by atoms with Crippen LogP contribution in [0.1, 0.15) is 16.7 Å².